The Hall–Kier alpha value is -0.200. The van der Waals surface area contributed by atoms with Crippen LogP contribution in [0.2, 0.25) is 0 Å². The zero-order valence-corrected chi connectivity index (χ0v) is 7.23. The Morgan fingerprint density at radius 1 is 1.25 bits per heavy atom. The van der Waals surface area contributed by atoms with E-state index in [0.29, 0.717) is 19.8 Å². The fourth-order valence-corrected chi connectivity index (χ4v) is 0.649. The van der Waals surface area contributed by atoms with E-state index in [-0.39, 0.29) is 19.3 Å². The molecular formula is C7H16O5. The fraction of sp³-hybridized carbons (Fsp3) is 1.00. The molecule has 0 amide bonds. The van der Waals surface area contributed by atoms with E-state index in [4.69, 9.17) is 19.8 Å². The van der Waals surface area contributed by atoms with Gasteiger partial charge in [0.1, 0.15) is 6.61 Å². The minimum atomic E-state index is -0.0494. The highest BCUT2D eigenvalue weighted by molar-refractivity contribution is 4.46. The summed E-state index contributed by atoms with van der Waals surface area (Å²) in [5.41, 5.74) is 0. The van der Waals surface area contributed by atoms with E-state index in [1.165, 1.54) is 0 Å². The number of aliphatic hydroxyl groups excluding tert-OH is 1. The van der Waals surface area contributed by atoms with Crippen molar-refractivity contribution in [3.8, 4) is 0 Å². The zero-order valence-electron chi connectivity index (χ0n) is 7.23. The largest absolute Gasteiger partial charge is 0.394 e. The van der Waals surface area contributed by atoms with Crippen LogP contribution >= 0.6 is 0 Å². The number of hydrogen-bond acceptors (Lipinski definition) is 5. The normalized spacial score (nSPS) is 13.2. The van der Waals surface area contributed by atoms with Crippen LogP contribution in [-0.2, 0) is 14.4 Å². The third-order valence-electron chi connectivity index (χ3n) is 1.17. The minimum absolute atomic E-state index is 0.0203. The highest BCUT2D eigenvalue weighted by Crippen LogP contribution is 1.91. The molecule has 0 aliphatic carbocycles. The first-order chi connectivity index (χ1) is 5.81. The van der Waals surface area contributed by atoms with Gasteiger partial charge in [0.25, 0.3) is 0 Å². The van der Waals surface area contributed by atoms with Gasteiger partial charge in [-0.25, -0.2) is 4.89 Å². The van der Waals surface area contributed by atoms with Gasteiger partial charge in [-0.2, -0.15) is 0 Å². The van der Waals surface area contributed by atoms with Crippen molar-refractivity contribution in [2.24, 2.45) is 0 Å². The van der Waals surface area contributed by atoms with Crippen LogP contribution in [0.1, 0.15) is 6.92 Å². The second kappa shape index (κ2) is 8.89. The molecule has 0 aromatic heterocycles. The lowest BCUT2D eigenvalue weighted by atomic mass is 10.4. The number of hydrogen-bond donors (Lipinski definition) is 2. The van der Waals surface area contributed by atoms with Crippen LogP contribution in [0.25, 0.3) is 0 Å². The van der Waals surface area contributed by atoms with E-state index in [1.54, 1.807) is 0 Å². The summed E-state index contributed by atoms with van der Waals surface area (Å²) in [6.07, 6.45) is -0.0494. The molecule has 0 fully saturated rings. The van der Waals surface area contributed by atoms with Crippen LogP contribution in [0, 0.1) is 0 Å². The third-order valence-corrected chi connectivity index (χ3v) is 1.17. The Bertz CT molecular complexity index is 77.9. The van der Waals surface area contributed by atoms with Crippen molar-refractivity contribution in [2.75, 3.05) is 33.0 Å². The summed E-state index contributed by atoms with van der Waals surface area (Å²) in [6, 6.07) is 0. The van der Waals surface area contributed by atoms with Gasteiger partial charge in [0.05, 0.1) is 32.5 Å². The maximum atomic E-state index is 8.37. The van der Waals surface area contributed by atoms with E-state index in [2.05, 4.69) is 4.89 Å². The molecule has 0 aromatic carbocycles. The molecule has 0 spiro atoms. The lowest BCUT2D eigenvalue weighted by Gasteiger charge is -2.11. The van der Waals surface area contributed by atoms with Crippen molar-refractivity contribution in [2.45, 2.75) is 13.0 Å². The van der Waals surface area contributed by atoms with Gasteiger partial charge in [0.2, 0.25) is 0 Å². The molecule has 0 saturated carbocycles. The smallest absolute Gasteiger partial charge is 0.105 e. The van der Waals surface area contributed by atoms with Crippen LogP contribution in [0.15, 0.2) is 0 Å². The lowest BCUT2D eigenvalue weighted by Crippen LogP contribution is -2.19. The molecule has 0 aliphatic heterocycles. The molecular weight excluding hydrogens is 164 g/mol. The van der Waals surface area contributed by atoms with Crippen LogP contribution in [-0.4, -0.2) is 49.5 Å². The third kappa shape index (κ3) is 7.90. The first-order valence-corrected chi connectivity index (χ1v) is 3.87. The maximum absolute atomic E-state index is 8.37. The van der Waals surface area contributed by atoms with Crippen molar-refractivity contribution in [1.82, 2.24) is 0 Å². The molecule has 74 valence electrons. The summed E-state index contributed by atoms with van der Waals surface area (Å²) < 4.78 is 10.1. The summed E-state index contributed by atoms with van der Waals surface area (Å²) >= 11 is 0. The van der Waals surface area contributed by atoms with E-state index < -0.39 is 0 Å². The Balaban J connectivity index is 3.04. The predicted octanol–water partition coefficient (Wildman–Crippen LogP) is -0.110. The second-order valence-corrected chi connectivity index (χ2v) is 2.31. The van der Waals surface area contributed by atoms with Gasteiger partial charge >= 0.3 is 0 Å². The second-order valence-electron chi connectivity index (χ2n) is 2.31. The van der Waals surface area contributed by atoms with E-state index >= 15 is 0 Å². The van der Waals surface area contributed by atoms with Crippen molar-refractivity contribution in [3.63, 3.8) is 0 Å². The fourth-order valence-electron chi connectivity index (χ4n) is 0.649. The molecule has 1 unspecified atom stereocenters. The standard InChI is InChI=1S/C7H16O5/c1-7(6-10-3-2-8)11-4-5-12-9/h7-9H,2-6H2,1H3. The summed E-state index contributed by atoms with van der Waals surface area (Å²) in [7, 11) is 0. The average Bonchev–Trinajstić information content (AvgIpc) is 2.06. The van der Waals surface area contributed by atoms with Crippen molar-refractivity contribution >= 4 is 0 Å². The van der Waals surface area contributed by atoms with Gasteiger partial charge in [-0.3, -0.25) is 5.26 Å². The molecule has 0 rings (SSSR count). The van der Waals surface area contributed by atoms with Crippen molar-refractivity contribution < 1.29 is 24.7 Å². The highest BCUT2D eigenvalue weighted by Gasteiger charge is 2.00. The average molecular weight is 180 g/mol. The number of aliphatic hydroxyl groups is 1. The Morgan fingerprint density at radius 3 is 2.58 bits per heavy atom. The quantitative estimate of drug-likeness (QED) is 0.310. The summed E-state index contributed by atoms with van der Waals surface area (Å²) in [4.78, 5) is 3.81. The van der Waals surface area contributed by atoms with E-state index in [1.807, 2.05) is 6.92 Å². The first-order valence-electron chi connectivity index (χ1n) is 3.87. The van der Waals surface area contributed by atoms with Gasteiger partial charge in [0.15, 0.2) is 0 Å². The molecule has 0 heterocycles. The molecule has 5 heteroatoms. The van der Waals surface area contributed by atoms with Gasteiger partial charge < -0.3 is 14.6 Å². The zero-order chi connectivity index (χ0) is 9.23. The van der Waals surface area contributed by atoms with Crippen LogP contribution in [0.4, 0.5) is 0 Å². The molecule has 0 aromatic rings. The first kappa shape index (κ1) is 11.8. The molecule has 0 radical (unpaired) electrons. The molecule has 5 nitrogen and oxygen atoms in total. The van der Waals surface area contributed by atoms with E-state index in [9.17, 15) is 0 Å². The van der Waals surface area contributed by atoms with Crippen LogP contribution in [0.3, 0.4) is 0 Å². The number of rotatable bonds is 8. The molecule has 0 bridgehead atoms. The topological polar surface area (TPSA) is 68.2 Å². The van der Waals surface area contributed by atoms with Gasteiger partial charge in [-0.05, 0) is 6.92 Å². The predicted molar refractivity (Wildman–Crippen MR) is 41.9 cm³/mol. The summed E-state index contributed by atoms with van der Waals surface area (Å²) in [6.45, 7) is 3.11. The van der Waals surface area contributed by atoms with Gasteiger partial charge in [0, 0.05) is 0 Å². The summed E-state index contributed by atoms with van der Waals surface area (Å²) in [5, 5.41) is 16.3. The van der Waals surface area contributed by atoms with Crippen molar-refractivity contribution in [1.29, 1.82) is 0 Å². The number of ether oxygens (including phenoxy) is 2. The Labute approximate surface area is 71.8 Å². The van der Waals surface area contributed by atoms with Crippen molar-refractivity contribution in [3.05, 3.63) is 0 Å². The SMILES string of the molecule is CC(COCCO)OCCOO. The maximum Gasteiger partial charge on any atom is 0.105 e. The monoisotopic (exact) mass is 180 g/mol. The molecule has 0 aliphatic rings. The van der Waals surface area contributed by atoms with Crippen LogP contribution in [0.5, 0.6) is 0 Å². The highest BCUT2D eigenvalue weighted by atomic mass is 17.1. The Kier molecular flexibility index (Phi) is 8.74. The molecule has 2 N–H and O–H groups in total. The molecule has 0 saturated heterocycles. The minimum Gasteiger partial charge on any atom is -0.394 e. The van der Waals surface area contributed by atoms with Crippen LogP contribution < -0.4 is 0 Å². The summed E-state index contributed by atoms with van der Waals surface area (Å²) in [5.74, 6) is 0. The Morgan fingerprint density at radius 2 is 2.00 bits per heavy atom. The lowest BCUT2D eigenvalue weighted by molar-refractivity contribution is -0.251. The van der Waals surface area contributed by atoms with Gasteiger partial charge in [-0.15, -0.1) is 0 Å². The van der Waals surface area contributed by atoms with Gasteiger partial charge in [-0.1, -0.05) is 0 Å². The molecule has 1 atom stereocenters. The van der Waals surface area contributed by atoms with E-state index in [0.717, 1.165) is 0 Å². The molecule has 12 heavy (non-hydrogen) atoms.